The van der Waals surface area contributed by atoms with Gasteiger partial charge in [0.15, 0.2) is 0 Å². The SMILES string of the molecule is C=C(Cl)CNC(=O)C1CC2(CCC2)C1. The van der Waals surface area contributed by atoms with Gasteiger partial charge in [0.25, 0.3) is 0 Å². The first-order valence-electron chi connectivity index (χ1n) is 5.22. The van der Waals surface area contributed by atoms with Gasteiger partial charge in [-0.3, -0.25) is 4.79 Å². The van der Waals surface area contributed by atoms with Crippen LogP contribution in [0.25, 0.3) is 0 Å². The zero-order valence-corrected chi connectivity index (χ0v) is 9.07. The van der Waals surface area contributed by atoms with E-state index in [1.807, 2.05) is 0 Å². The van der Waals surface area contributed by atoms with Gasteiger partial charge in [0, 0.05) is 11.0 Å². The molecule has 0 heterocycles. The first-order valence-corrected chi connectivity index (χ1v) is 5.60. The van der Waals surface area contributed by atoms with Crippen LogP contribution >= 0.6 is 11.6 Å². The van der Waals surface area contributed by atoms with Gasteiger partial charge in [-0.1, -0.05) is 24.6 Å². The van der Waals surface area contributed by atoms with Crippen LogP contribution in [0.1, 0.15) is 32.1 Å². The lowest BCUT2D eigenvalue weighted by atomic mass is 9.51. The van der Waals surface area contributed by atoms with Crippen molar-refractivity contribution in [2.75, 3.05) is 6.54 Å². The van der Waals surface area contributed by atoms with E-state index in [-0.39, 0.29) is 11.8 Å². The zero-order valence-electron chi connectivity index (χ0n) is 8.31. The van der Waals surface area contributed by atoms with E-state index in [9.17, 15) is 4.79 Å². The van der Waals surface area contributed by atoms with Crippen LogP contribution in [0.15, 0.2) is 11.6 Å². The van der Waals surface area contributed by atoms with E-state index in [0.29, 0.717) is 17.0 Å². The van der Waals surface area contributed by atoms with E-state index in [4.69, 9.17) is 11.6 Å². The van der Waals surface area contributed by atoms with Gasteiger partial charge in [-0.05, 0) is 31.1 Å². The minimum Gasteiger partial charge on any atom is -0.351 e. The lowest BCUT2D eigenvalue weighted by Crippen LogP contribution is -2.49. The minimum atomic E-state index is 0.157. The highest BCUT2D eigenvalue weighted by Crippen LogP contribution is 2.58. The number of halogens is 1. The average Bonchev–Trinajstić information content (AvgIpc) is 1.95. The average molecular weight is 214 g/mol. The predicted molar refractivity (Wildman–Crippen MR) is 57.0 cm³/mol. The molecule has 14 heavy (non-hydrogen) atoms. The fourth-order valence-electron chi connectivity index (χ4n) is 2.58. The van der Waals surface area contributed by atoms with Crippen molar-refractivity contribution < 1.29 is 4.79 Å². The van der Waals surface area contributed by atoms with Gasteiger partial charge in [0.1, 0.15) is 0 Å². The van der Waals surface area contributed by atoms with Crippen molar-refractivity contribution in [3.8, 4) is 0 Å². The Labute approximate surface area is 89.7 Å². The van der Waals surface area contributed by atoms with Crippen LogP contribution < -0.4 is 5.32 Å². The van der Waals surface area contributed by atoms with E-state index in [1.165, 1.54) is 19.3 Å². The van der Waals surface area contributed by atoms with Crippen LogP contribution in [0.3, 0.4) is 0 Å². The van der Waals surface area contributed by atoms with Gasteiger partial charge in [-0.25, -0.2) is 0 Å². The monoisotopic (exact) mass is 213 g/mol. The molecule has 0 aliphatic heterocycles. The topological polar surface area (TPSA) is 29.1 Å². The molecule has 0 atom stereocenters. The highest BCUT2D eigenvalue weighted by molar-refractivity contribution is 6.29. The molecule has 2 fully saturated rings. The Balaban J connectivity index is 1.70. The first-order chi connectivity index (χ1) is 6.61. The van der Waals surface area contributed by atoms with Crippen molar-refractivity contribution in [2.45, 2.75) is 32.1 Å². The molecule has 2 rings (SSSR count). The Hall–Kier alpha value is -0.500. The van der Waals surface area contributed by atoms with Crippen molar-refractivity contribution in [3.63, 3.8) is 0 Å². The van der Waals surface area contributed by atoms with Crippen molar-refractivity contribution >= 4 is 17.5 Å². The summed E-state index contributed by atoms with van der Waals surface area (Å²) in [6.45, 7) is 3.94. The van der Waals surface area contributed by atoms with Gasteiger partial charge in [-0.15, -0.1) is 0 Å². The van der Waals surface area contributed by atoms with Crippen LogP contribution in [-0.2, 0) is 4.79 Å². The summed E-state index contributed by atoms with van der Waals surface area (Å²) in [5.41, 5.74) is 0.569. The maximum Gasteiger partial charge on any atom is 0.223 e. The summed E-state index contributed by atoms with van der Waals surface area (Å²) in [6, 6.07) is 0. The molecule has 2 aliphatic rings. The maximum absolute atomic E-state index is 11.5. The van der Waals surface area contributed by atoms with E-state index in [1.54, 1.807) is 0 Å². The molecule has 1 N–H and O–H groups in total. The van der Waals surface area contributed by atoms with Gasteiger partial charge in [0.05, 0.1) is 6.54 Å². The normalized spacial score (nSPS) is 23.8. The number of rotatable bonds is 3. The summed E-state index contributed by atoms with van der Waals surface area (Å²) < 4.78 is 0. The molecule has 2 saturated carbocycles. The van der Waals surface area contributed by atoms with Gasteiger partial charge >= 0.3 is 0 Å². The molecule has 0 saturated heterocycles. The molecule has 2 nitrogen and oxygen atoms in total. The van der Waals surface area contributed by atoms with Crippen LogP contribution in [0, 0.1) is 11.3 Å². The summed E-state index contributed by atoms with van der Waals surface area (Å²) in [4.78, 5) is 11.5. The number of carbonyl (C=O) groups is 1. The van der Waals surface area contributed by atoms with E-state index in [2.05, 4.69) is 11.9 Å². The summed E-state index contributed by atoms with van der Waals surface area (Å²) >= 11 is 5.57. The Morgan fingerprint density at radius 3 is 2.57 bits per heavy atom. The van der Waals surface area contributed by atoms with Crippen LogP contribution in [-0.4, -0.2) is 12.5 Å². The standard InChI is InChI=1S/C11H16ClNO/c1-8(12)7-13-10(14)9-5-11(6-9)3-2-4-11/h9H,1-7H2,(H,13,14). The van der Waals surface area contributed by atoms with E-state index >= 15 is 0 Å². The number of carbonyl (C=O) groups excluding carboxylic acids is 1. The minimum absolute atomic E-state index is 0.157. The number of hydrogen-bond donors (Lipinski definition) is 1. The number of hydrogen-bond acceptors (Lipinski definition) is 1. The summed E-state index contributed by atoms with van der Waals surface area (Å²) in [6.07, 6.45) is 6.20. The Morgan fingerprint density at radius 1 is 1.50 bits per heavy atom. The Kier molecular flexibility index (Phi) is 2.56. The molecule has 78 valence electrons. The third-order valence-electron chi connectivity index (χ3n) is 3.60. The second kappa shape index (κ2) is 3.58. The molecule has 0 aromatic carbocycles. The Bertz CT molecular complexity index is 262. The molecule has 3 heteroatoms. The molecular weight excluding hydrogens is 198 g/mol. The zero-order chi connectivity index (χ0) is 10.2. The molecule has 0 aromatic rings. The van der Waals surface area contributed by atoms with Crippen molar-refractivity contribution in [2.24, 2.45) is 11.3 Å². The van der Waals surface area contributed by atoms with Crippen molar-refractivity contribution in [1.29, 1.82) is 0 Å². The Morgan fingerprint density at radius 2 is 2.14 bits per heavy atom. The van der Waals surface area contributed by atoms with Crippen LogP contribution in [0.4, 0.5) is 0 Å². The lowest BCUT2D eigenvalue weighted by molar-refractivity contribution is -0.136. The fraction of sp³-hybridized carbons (Fsp3) is 0.727. The number of nitrogens with one attached hydrogen (secondary N) is 1. The second-order valence-electron chi connectivity index (χ2n) is 4.69. The molecule has 2 aliphatic carbocycles. The summed E-state index contributed by atoms with van der Waals surface area (Å²) in [5, 5.41) is 3.30. The maximum atomic E-state index is 11.5. The van der Waals surface area contributed by atoms with E-state index in [0.717, 1.165) is 12.8 Å². The van der Waals surface area contributed by atoms with Crippen LogP contribution in [0.2, 0.25) is 0 Å². The molecule has 0 bridgehead atoms. The molecule has 0 aromatic heterocycles. The molecule has 1 spiro atoms. The first kappa shape index (κ1) is 10.0. The predicted octanol–water partition coefficient (Wildman–Crippen LogP) is 2.44. The fourth-order valence-corrected chi connectivity index (χ4v) is 2.65. The van der Waals surface area contributed by atoms with Crippen molar-refractivity contribution in [3.05, 3.63) is 11.6 Å². The highest BCUT2D eigenvalue weighted by Gasteiger charge is 2.50. The quantitative estimate of drug-likeness (QED) is 0.767. The van der Waals surface area contributed by atoms with Gasteiger partial charge < -0.3 is 5.32 Å². The molecule has 0 radical (unpaired) electrons. The third kappa shape index (κ3) is 1.81. The molecule has 0 unspecified atom stereocenters. The third-order valence-corrected chi connectivity index (χ3v) is 3.73. The largest absolute Gasteiger partial charge is 0.351 e. The lowest BCUT2D eigenvalue weighted by Gasteiger charge is -2.53. The second-order valence-corrected chi connectivity index (χ2v) is 5.23. The van der Waals surface area contributed by atoms with Crippen molar-refractivity contribution in [1.82, 2.24) is 5.32 Å². The van der Waals surface area contributed by atoms with Gasteiger partial charge in [0.2, 0.25) is 5.91 Å². The highest BCUT2D eigenvalue weighted by atomic mass is 35.5. The molecule has 1 amide bonds. The summed E-state index contributed by atoms with van der Waals surface area (Å²) in [7, 11) is 0. The van der Waals surface area contributed by atoms with Crippen LogP contribution in [0.5, 0.6) is 0 Å². The smallest absolute Gasteiger partial charge is 0.223 e. The van der Waals surface area contributed by atoms with E-state index < -0.39 is 0 Å². The number of amides is 1. The molecular formula is C11H16ClNO. The van der Waals surface area contributed by atoms with Gasteiger partial charge in [-0.2, -0.15) is 0 Å². The summed E-state index contributed by atoms with van der Waals surface area (Å²) in [5.74, 6) is 0.399.